The number of amides is 1. The first-order chi connectivity index (χ1) is 10.7. The molecule has 0 spiro atoms. The Morgan fingerprint density at radius 1 is 1.43 bits per heavy atom. The minimum absolute atomic E-state index is 0.0636. The smallest absolute Gasteiger partial charge is 0.340 e. The van der Waals surface area contributed by atoms with E-state index in [-0.39, 0.29) is 28.8 Å². The molecule has 7 nitrogen and oxygen atoms in total. The Kier molecular flexibility index (Phi) is 5.16. The van der Waals surface area contributed by atoms with Crippen LogP contribution in [0.5, 0.6) is 0 Å². The highest BCUT2D eigenvalue weighted by atomic mass is 35.5. The molecule has 0 radical (unpaired) electrons. The predicted molar refractivity (Wildman–Crippen MR) is 86.0 cm³/mol. The van der Waals surface area contributed by atoms with Crippen molar-refractivity contribution < 1.29 is 22.7 Å². The van der Waals surface area contributed by atoms with Crippen LogP contribution in [0.1, 0.15) is 16.8 Å². The predicted octanol–water partition coefficient (Wildman–Crippen LogP) is 0.724. The van der Waals surface area contributed by atoms with Crippen molar-refractivity contribution in [3.05, 3.63) is 28.8 Å². The lowest BCUT2D eigenvalue weighted by Gasteiger charge is -2.23. The van der Waals surface area contributed by atoms with Crippen molar-refractivity contribution in [2.24, 2.45) is 0 Å². The minimum Gasteiger partial charge on any atom is -0.452 e. The number of hydrogen-bond acceptors (Lipinski definition) is 6. The van der Waals surface area contributed by atoms with Gasteiger partial charge in [0.15, 0.2) is 16.4 Å². The Morgan fingerprint density at radius 2 is 2.13 bits per heavy atom. The highest BCUT2D eigenvalue weighted by molar-refractivity contribution is 7.91. The highest BCUT2D eigenvalue weighted by Crippen LogP contribution is 2.19. The van der Waals surface area contributed by atoms with Crippen molar-refractivity contribution in [3.63, 3.8) is 0 Å². The second-order valence-electron chi connectivity index (χ2n) is 5.37. The van der Waals surface area contributed by atoms with E-state index in [1.807, 2.05) is 0 Å². The lowest BCUT2D eigenvalue weighted by atomic mass is 10.2. The van der Waals surface area contributed by atoms with Crippen molar-refractivity contribution in [1.29, 1.82) is 0 Å². The first-order valence-corrected chi connectivity index (χ1v) is 9.08. The molecule has 126 valence electrons. The summed E-state index contributed by atoms with van der Waals surface area (Å²) in [7, 11) is -1.60. The van der Waals surface area contributed by atoms with Crippen LogP contribution >= 0.6 is 11.6 Å². The van der Waals surface area contributed by atoms with E-state index in [1.165, 1.54) is 30.1 Å². The zero-order valence-electron chi connectivity index (χ0n) is 12.5. The molecule has 0 aromatic heterocycles. The van der Waals surface area contributed by atoms with Crippen LogP contribution < -0.4 is 5.73 Å². The second-order valence-corrected chi connectivity index (χ2v) is 8.03. The number of nitrogens with two attached hydrogens (primary N) is 1. The number of hydrogen-bond donors (Lipinski definition) is 1. The summed E-state index contributed by atoms with van der Waals surface area (Å²) in [6.07, 6.45) is 0.389. The Balaban J connectivity index is 1.93. The number of rotatable bonds is 4. The molecule has 1 atom stereocenters. The van der Waals surface area contributed by atoms with Crippen LogP contribution in [0.3, 0.4) is 0 Å². The molecule has 23 heavy (non-hydrogen) atoms. The molecule has 2 rings (SSSR count). The number of nitrogen functional groups attached to an aromatic ring is 1. The maximum Gasteiger partial charge on any atom is 0.340 e. The van der Waals surface area contributed by atoms with Gasteiger partial charge in [-0.05, 0) is 24.6 Å². The maximum atomic E-state index is 12.0. The number of sulfone groups is 1. The Bertz CT molecular complexity index is 735. The van der Waals surface area contributed by atoms with Crippen LogP contribution in [0, 0.1) is 0 Å². The Morgan fingerprint density at radius 3 is 2.74 bits per heavy atom. The monoisotopic (exact) mass is 360 g/mol. The normalized spacial score (nSPS) is 19.3. The van der Waals surface area contributed by atoms with Gasteiger partial charge in [0, 0.05) is 23.8 Å². The lowest BCUT2D eigenvalue weighted by molar-refractivity contribution is -0.134. The molecule has 1 saturated heterocycles. The number of ether oxygens (including phenoxy) is 1. The highest BCUT2D eigenvalue weighted by Gasteiger charge is 2.33. The van der Waals surface area contributed by atoms with Crippen LogP contribution in [0.4, 0.5) is 5.69 Å². The standard InChI is InChI=1S/C14H17ClN2O5S/c1-17(10-4-5-23(20,21)8-10)13(18)7-22-14(19)11-6-9(15)2-3-12(11)16/h2-3,6,10H,4-5,7-8,16H2,1H3/t10-/m1/s1. The van der Waals surface area contributed by atoms with E-state index in [0.29, 0.717) is 11.4 Å². The van der Waals surface area contributed by atoms with Crippen LogP contribution in [0.15, 0.2) is 18.2 Å². The van der Waals surface area contributed by atoms with E-state index in [9.17, 15) is 18.0 Å². The van der Waals surface area contributed by atoms with E-state index in [1.54, 1.807) is 0 Å². The van der Waals surface area contributed by atoms with Gasteiger partial charge in [-0.25, -0.2) is 13.2 Å². The topological polar surface area (TPSA) is 107 Å². The fourth-order valence-electron chi connectivity index (χ4n) is 2.30. The fourth-order valence-corrected chi connectivity index (χ4v) is 4.24. The molecular weight excluding hydrogens is 344 g/mol. The summed E-state index contributed by atoms with van der Waals surface area (Å²) >= 11 is 5.79. The Hall–Kier alpha value is -1.80. The molecule has 2 N–H and O–H groups in total. The third-order valence-corrected chi connectivity index (χ3v) is 5.70. The molecule has 0 bridgehead atoms. The summed E-state index contributed by atoms with van der Waals surface area (Å²) in [5.41, 5.74) is 5.94. The van der Waals surface area contributed by atoms with Gasteiger partial charge in [0.25, 0.3) is 5.91 Å². The van der Waals surface area contributed by atoms with Gasteiger partial charge in [0.2, 0.25) is 0 Å². The summed E-state index contributed by atoms with van der Waals surface area (Å²) < 4.78 is 27.8. The largest absolute Gasteiger partial charge is 0.452 e. The summed E-state index contributed by atoms with van der Waals surface area (Å²) in [6, 6.07) is 3.97. The Labute approximate surface area is 139 Å². The first kappa shape index (κ1) is 17.6. The van der Waals surface area contributed by atoms with Gasteiger partial charge in [-0.3, -0.25) is 4.79 Å². The van der Waals surface area contributed by atoms with Gasteiger partial charge in [-0.15, -0.1) is 0 Å². The zero-order valence-corrected chi connectivity index (χ0v) is 14.1. The number of nitrogens with zero attached hydrogens (tertiary/aromatic N) is 1. The van der Waals surface area contributed by atoms with Gasteiger partial charge < -0.3 is 15.4 Å². The number of carbonyl (C=O) groups excluding carboxylic acids is 2. The average molecular weight is 361 g/mol. The fraction of sp³-hybridized carbons (Fsp3) is 0.429. The van der Waals surface area contributed by atoms with Crippen LogP contribution in [0.25, 0.3) is 0 Å². The summed E-state index contributed by atoms with van der Waals surface area (Å²) in [5, 5.41) is 0.325. The molecular formula is C14H17ClN2O5S. The second kappa shape index (κ2) is 6.76. The summed E-state index contributed by atoms with van der Waals surface area (Å²) in [6.45, 7) is -0.488. The van der Waals surface area contributed by atoms with Gasteiger partial charge >= 0.3 is 5.97 Å². The number of likely N-dealkylation sites (N-methyl/N-ethyl adjacent to an activating group) is 1. The van der Waals surface area contributed by atoms with Crippen molar-refractivity contribution in [3.8, 4) is 0 Å². The van der Waals surface area contributed by atoms with Gasteiger partial charge in [0.1, 0.15) is 0 Å². The third-order valence-electron chi connectivity index (χ3n) is 3.71. The van der Waals surface area contributed by atoms with Gasteiger partial charge in [-0.1, -0.05) is 11.6 Å². The van der Waals surface area contributed by atoms with Crippen LogP contribution in [-0.2, 0) is 19.4 Å². The average Bonchev–Trinajstić information content (AvgIpc) is 2.86. The third kappa shape index (κ3) is 4.35. The molecule has 1 aromatic rings. The van der Waals surface area contributed by atoms with E-state index in [4.69, 9.17) is 22.1 Å². The van der Waals surface area contributed by atoms with Crippen molar-refractivity contribution >= 4 is 39.0 Å². The van der Waals surface area contributed by atoms with Crippen molar-refractivity contribution in [1.82, 2.24) is 4.90 Å². The van der Waals surface area contributed by atoms with Crippen molar-refractivity contribution in [2.45, 2.75) is 12.5 Å². The molecule has 0 saturated carbocycles. The summed E-state index contributed by atoms with van der Waals surface area (Å²) in [4.78, 5) is 25.3. The first-order valence-electron chi connectivity index (χ1n) is 6.88. The van der Waals surface area contributed by atoms with Crippen molar-refractivity contribution in [2.75, 3.05) is 30.9 Å². The number of benzene rings is 1. The zero-order chi connectivity index (χ0) is 17.2. The molecule has 1 amide bonds. The molecule has 0 unspecified atom stereocenters. The lowest BCUT2D eigenvalue weighted by Crippen LogP contribution is -2.40. The number of anilines is 1. The minimum atomic E-state index is -3.09. The molecule has 1 heterocycles. The van der Waals surface area contributed by atoms with Crippen LogP contribution in [-0.4, -0.2) is 56.4 Å². The van der Waals surface area contributed by atoms with E-state index in [0.717, 1.165) is 0 Å². The molecule has 1 aliphatic rings. The number of esters is 1. The summed E-state index contributed by atoms with van der Waals surface area (Å²) in [5.74, 6) is -1.23. The molecule has 1 fully saturated rings. The quantitative estimate of drug-likeness (QED) is 0.626. The SMILES string of the molecule is CN(C(=O)COC(=O)c1cc(Cl)ccc1N)[C@@H]1CCS(=O)(=O)C1. The molecule has 1 aromatic carbocycles. The molecule has 9 heteroatoms. The van der Waals surface area contributed by atoms with Gasteiger partial charge in [0.05, 0.1) is 17.1 Å². The van der Waals surface area contributed by atoms with E-state index >= 15 is 0 Å². The van der Waals surface area contributed by atoms with Gasteiger partial charge in [-0.2, -0.15) is 0 Å². The number of halogens is 1. The van der Waals surface area contributed by atoms with E-state index in [2.05, 4.69) is 0 Å². The van der Waals surface area contributed by atoms with E-state index < -0.39 is 28.3 Å². The maximum absolute atomic E-state index is 12.0. The number of carbonyl (C=O) groups is 2. The van der Waals surface area contributed by atoms with Crippen LogP contribution in [0.2, 0.25) is 5.02 Å². The molecule has 0 aliphatic carbocycles. The molecule has 1 aliphatic heterocycles.